The first-order valence-electron chi connectivity index (χ1n) is 10.8. The van der Waals surface area contributed by atoms with Crippen molar-refractivity contribution in [1.82, 2.24) is 24.3 Å². The third kappa shape index (κ3) is 4.36. The number of hydrogen-bond donors (Lipinski definition) is 1. The number of amides is 1. The number of aromatic nitrogens is 2. The summed E-state index contributed by atoms with van der Waals surface area (Å²) in [6.07, 6.45) is 7.74. The molecule has 1 amide bonds. The molecule has 1 aromatic rings. The van der Waals surface area contributed by atoms with Crippen LogP contribution in [-0.4, -0.2) is 71.8 Å². The Kier molecular flexibility index (Phi) is 5.74. The number of nitrogens with zero attached hydrogens (tertiary/aromatic N) is 4. The SMILES string of the molecule is CCS(=O)(=O)N1CCC[C@@]2(C(=O)NCC3CC3)CN(Cc3cnn(C)c3)C[C@H]2C1. The summed E-state index contributed by atoms with van der Waals surface area (Å²) in [4.78, 5) is 15.7. The first kappa shape index (κ1) is 20.8. The number of fused-ring (bicyclic) bond motifs is 1. The molecule has 1 aliphatic carbocycles. The normalized spacial score (nSPS) is 28.8. The molecular formula is C20H33N5O3S. The van der Waals surface area contributed by atoms with Gasteiger partial charge in [0.05, 0.1) is 17.4 Å². The number of carbonyl (C=O) groups excluding carboxylic acids is 1. The molecule has 1 aromatic heterocycles. The summed E-state index contributed by atoms with van der Waals surface area (Å²) in [6.45, 7) is 5.57. The summed E-state index contributed by atoms with van der Waals surface area (Å²) in [6, 6.07) is 0. The summed E-state index contributed by atoms with van der Waals surface area (Å²) in [5, 5.41) is 7.46. The van der Waals surface area contributed by atoms with E-state index in [0.29, 0.717) is 25.6 Å². The fraction of sp³-hybridized carbons (Fsp3) is 0.800. The van der Waals surface area contributed by atoms with Crippen LogP contribution >= 0.6 is 0 Å². The fourth-order valence-electron chi connectivity index (χ4n) is 4.98. The van der Waals surface area contributed by atoms with Crippen LogP contribution in [0, 0.1) is 17.3 Å². The molecule has 3 heterocycles. The molecule has 0 unspecified atom stereocenters. The lowest BCUT2D eigenvalue weighted by Crippen LogP contribution is -2.48. The zero-order valence-electron chi connectivity index (χ0n) is 17.5. The maximum atomic E-state index is 13.4. The zero-order valence-corrected chi connectivity index (χ0v) is 18.3. The molecule has 0 aromatic carbocycles. The Bertz CT molecular complexity index is 850. The molecule has 29 heavy (non-hydrogen) atoms. The Morgan fingerprint density at radius 2 is 2.14 bits per heavy atom. The van der Waals surface area contributed by atoms with Crippen molar-refractivity contribution in [3.8, 4) is 0 Å². The van der Waals surface area contributed by atoms with E-state index in [2.05, 4.69) is 15.3 Å². The van der Waals surface area contributed by atoms with Gasteiger partial charge in [-0.2, -0.15) is 5.10 Å². The predicted octanol–water partition coefficient (Wildman–Crippen LogP) is 0.810. The molecular weight excluding hydrogens is 390 g/mol. The van der Waals surface area contributed by atoms with Crippen molar-refractivity contribution < 1.29 is 13.2 Å². The second-order valence-corrected chi connectivity index (χ2v) is 11.3. The van der Waals surface area contributed by atoms with Crippen LogP contribution < -0.4 is 5.32 Å². The van der Waals surface area contributed by atoms with Crippen LogP contribution in [0.15, 0.2) is 12.4 Å². The van der Waals surface area contributed by atoms with Gasteiger partial charge in [0.1, 0.15) is 0 Å². The molecule has 4 rings (SSSR count). The van der Waals surface area contributed by atoms with Gasteiger partial charge in [0, 0.05) is 64.0 Å². The van der Waals surface area contributed by atoms with E-state index in [1.165, 1.54) is 12.8 Å². The van der Waals surface area contributed by atoms with E-state index in [1.54, 1.807) is 15.9 Å². The lowest BCUT2D eigenvalue weighted by Gasteiger charge is -2.32. The van der Waals surface area contributed by atoms with Crippen molar-refractivity contribution in [2.75, 3.05) is 38.5 Å². The molecule has 1 saturated carbocycles. The van der Waals surface area contributed by atoms with E-state index < -0.39 is 15.4 Å². The van der Waals surface area contributed by atoms with Crippen LogP contribution in [0.4, 0.5) is 0 Å². The Labute approximate surface area is 173 Å². The average Bonchev–Trinajstić information content (AvgIpc) is 3.38. The number of nitrogens with one attached hydrogen (secondary N) is 1. The molecule has 2 atom stereocenters. The lowest BCUT2D eigenvalue weighted by atomic mass is 9.74. The molecule has 1 N–H and O–H groups in total. The van der Waals surface area contributed by atoms with Crippen LogP contribution in [0.3, 0.4) is 0 Å². The van der Waals surface area contributed by atoms with Crippen LogP contribution in [0.25, 0.3) is 0 Å². The lowest BCUT2D eigenvalue weighted by molar-refractivity contribution is -0.132. The Hall–Kier alpha value is -1.45. The predicted molar refractivity (Wildman–Crippen MR) is 110 cm³/mol. The molecule has 2 aliphatic heterocycles. The van der Waals surface area contributed by atoms with Gasteiger partial charge in [-0.05, 0) is 38.5 Å². The van der Waals surface area contributed by atoms with Crippen molar-refractivity contribution in [3.05, 3.63) is 18.0 Å². The summed E-state index contributed by atoms with van der Waals surface area (Å²) in [5.41, 5.74) is 0.616. The van der Waals surface area contributed by atoms with Gasteiger partial charge in [-0.15, -0.1) is 0 Å². The summed E-state index contributed by atoms with van der Waals surface area (Å²) >= 11 is 0. The van der Waals surface area contributed by atoms with Gasteiger partial charge in [-0.3, -0.25) is 14.4 Å². The van der Waals surface area contributed by atoms with E-state index in [4.69, 9.17) is 0 Å². The highest BCUT2D eigenvalue weighted by Crippen LogP contribution is 2.44. The van der Waals surface area contributed by atoms with Crippen molar-refractivity contribution in [1.29, 1.82) is 0 Å². The van der Waals surface area contributed by atoms with Gasteiger partial charge in [0.25, 0.3) is 0 Å². The van der Waals surface area contributed by atoms with E-state index in [9.17, 15) is 13.2 Å². The molecule has 162 valence electrons. The summed E-state index contributed by atoms with van der Waals surface area (Å²) in [5.74, 6) is 0.880. The van der Waals surface area contributed by atoms with Gasteiger partial charge >= 0.3 is 0 Å². The largest absolute Gasteiger partial charge is 0.355 e. The van der Waals surface area contributed by atoms with Crippen LogP contribution in [-0.2, 0) is 28.4 Å². The van der Waals surface area contributed by atoms with Crippen LogP contribution in [0.5, 0.6) is 0 Å². The van der Waals surface area contributed by atoms with Crippen molar-refractivity contribution in [3.63, 3.8) is 0 Å². The van der Waals surface area contributed by atoms with E-state index in [0.717, 1.165) is 38.0 Å². The number of hydrogen-bond acceptors (Lipinski definition) is 5. The Morgan fingerprint density at radius 1 is 1.34 bits per heavy atom. The Balaban J connectivity index is 1.55. The number of sulfonamides is 1. The zero-order chi connectivity index (χ0) is 20.6. The maximum absolute atomic E-state index is 13.4. The van der Waals surface area contributed by atoms with Crippen LogP contribution in [0.1, 0.15) is 38.2 Å². The minimum absolute atomic E-state index is 0.0159. The van der Waals surface area contributed by atoms with Crippen molar-refractivity contribution in [2.45, 2.75) is 39.2 Å². The second-order valence-electron chi connectivity index (χ2n) is 9.06. The topological polar surface area (TPSA) is 87.5 Å². The van der Waals surface area contributed by atoms with Gasteiger partial charge in [0.15, 0.2) is 0 Å². The van der Waals surface area contributed by atoms with Crippen molar-refractivity contribution in [2.24, 2.45) is 24.3 Å². The maximum Gasteiger partial charge on any atom is 0.227 e. The average molecular weight is 424 g/mol. The third-order valence-electron chi connectivity index (χ3n) is 6.84. The monoisotopic (exact) mass is 423 g/mol. The van der Waals surface area contributed by atoms with E-state index >= 15 is 0 Å². The van der Waals surface area contributed by atoms with E-state index in [1.807, 2.05) is 19.4 Å². The Morgan fingerprint density at radius 3 is 2.79 bits per heavy atom. The minimum atomic E-state index is -3.25. The number of aryl methyl sites for hydroxylation is 1. The second kappa shape index (κ2) is 8.00. The van der Waals surface area contributed by atoms with Gasteiger partial charge in [0.2, 0.25) is 15.9 Å². The molecule has 3 fully saturated rings. The fourth-order valence-corrected chi connectivity index (χ4v) is 6.16. The van der Waals surface area contributed by atoms with Gasteiger partial charge < -0.3 is 5.32 Å². The smallest absolute Gasteiger partial charge is 0.227 e. The highest BCUT2D eigenvalue weighted by molar-refractivity contribution is 7.89. The molecule has 8 nitrogen and oxygen atoms in total. The number of likely N-dealkylation sites (tertiary alicyclic amines) is 1. The van der Waals surface area contributed by atoms with Gasteiger partial charge in [-0.25, -0.2) is 12.7 Å². The summed E-state index contributed by atoms with van der Waals surface area (Å²) in [7, 11) is -1.35. The number of carbonyl (C=O) groups is 1. The van der Waals surface area contributed by atoms with Gasteiger partial charge in [-0.1, -0.05) is 0 Å². The summed E-state index contributed by atoms with van der Waals surface area (Å²) < 4.78 is 28.6. The van der Waals surface area contributed by atoms with Crippen LogP contribution in [0.2, 0.25) is 0 Å². The molecule has 0 spiro atoms. The highest BCUT2D eigenvalue weighted by Gasteiger charge is 2.53. The first-order chi connectivity index (χ1) is 13.8. The minimum Gasteiger partial charge on any atom is -0.355 e. The first-order valence-corrected chi connectivity index (χ1v) is 12.4. The van der Waals surface area contributed by atoms with Crippen molar-refractivity contribution >= 4 is 15.9 Å². The molecule has 0 bridgehead atoms. The molecule has 0 radical (unpaired) electrons. The standard InChI is InChI=1S/C20H33N5O3S/c1-3-29(27,28)25-8-4-7-20(19(26)21-9-16-5-6-16)15-24(13-18(20)14-25)12-17-10-22-23(2)11-17/h10-11,16,18H,3-9,12-15H2,1-2H3,(H,21,26)/t18-,20+/m0/s1. The molecule has 2 saturated heterocycles. The highest BCUT2D eigenvalue weighted by atomic mass is 32.2. The molecule has 3 aliphatic rings. The quantitative estimate of drug-likeness (QED) is 0.701. The van der Waals surface area contributed by atoms with E-state index in [-0.39, 0.29) is 17.6 Å². The third-order valence-corrected chi connectivity index (χ3v) is 8.69. The number of rotatable bonds is 7. The molecule has 9 heteroatoms.